The van der Waals surface area contributed by atoms with E-state index in [0.717, 1.165) is 14.5 Å². The van der Waals surface area contributed by atoms with Crippen molar-refractivity contribution in [3.8, 4) is 0 Å². The molecule has 0 radical (unpaired) electrons. The first kappa shape index (κ1) is 12.6. The molecule has 0 N–H and O–H groups in total. The Hall–Kier alpha value is -0.891. The Morgan fingerprint density at radius 3 is 2.18 bits per heavy atom. The minimum absolute atomic E-state index is 0.137. The van der Waals surface area contributed by atoms with Crippen LogP contribution < -0.4 is 4.46 Å². The predicted octanol–water partition coefficient (Wildman–Crippen LogP) is 2.93. The van der Waals surface area contributed by atoms with Gasteiger partial charge in [-0.1, -0.05) is 0 Å². The van der Waals surface area contributed by atoms with Crippen molar-refractivity contribution in [2.24, 2.45) is 0 Å². The molecule has 2 rings (SSSR count). The van der Waals surface area contributed by atoms with Gasteiger partial charge in [-0.3, -0.25) is 0 Å². The summed E-state index contributed by atoms with van der Waals surface area (Å²) < 4.78 is 2.33. The van der Waals surface area contributed by atoms with Crippen LogP contribution in [-0.4, -0.2) is 19.6 Å². The predicted molar refractivity (Wildman–Crippen MR) is 75.0 cm³/mol. The Morgan fingerprint density at radius 2 is 1.59 bits per heavy atom. The molecule has 0 aromatic heterocycles. The van der Waals surface area contributed by atoms with Gasteiger partial charge in [0.05, 0.1) is 0 Å². The Kier molecular flexibility index (Phi) is 4.16. The van der Waals surface area contributed by atoms with E-state index in [4.69, 9.17) is 0 Å². The Bertz CT molecular complexity index is 517. The van der Waals surface area contributed by atoms with Crippen molar-refractivity contribution in [3.63, 3.8) is 0 Å². The van der Waals surface area contributed by atoms with Gasteiger partial charge >= 0.3 is 116 Å². The summed E-state index contributed by atoms with van der Waals surface area (Å²) in [6, 6.07) is 15.7. The zero-order valence-corrected chi connectivity index (χ0v) is 12.6. The molecule has 2 aromatic rings. The van der Waals surface area contributed by atoms with Crippen LogP contribution >= 0.6 is 15.9 Å². The maximum absolute atomic E-state index is 12.0. The second-order valence-electron chi connectivity index (χ2n) is 3.71. The van der Waals surface area contributed by atoms with E-state index in [2.05, 4.69) is 15.9 Å². The number of rotatable bonds is 3. The molecule has 86 valence electrons. The van der Waals surface area contributed by atoms with Gasteiger partial charge in [-0.25, -0.2) is 0 Å². The van der Waals surface area contributed by atoms with E-state index in [1.54, 1.807) is 0 Å². The Morgan fingerprint density at radius 1 is 1.00 bits per heavy atom. The van der Waals surface area contributed by atoms with Crippen molar-refractivity contribution in [3.05, 3.63) is 64.1 Å². The van der Waals surface area contributed by atoms with Gasteiger partial charge < -0.3 is 0 Å². The SMILES string of the molecule is Cc1ccc([Se]C(=O)c2ccc(Br)cc2)cc1. The topological polar surface area (TPSA) is 17.1 Å². The molecular weight excluding hydrogens is 343 g/mol. The second kappa shape index (κ2) is 5.63. The second-order valence-corrected chi connectivity index (χ2v) is 6.82. The van der Waals surface area contributed by atoms with E-state index in [1.165, 1.54) is 5.56 Å². The van der Waals surface area contributed by atoms with Crippen molar-refractivity contribution in [2.75, 3.05) is 0 Å². The third-order valence-electron chi connectivity index (χ3n) is 2.31. The summed E-state index contributed by atoms with van der Waals surface area (Å²) in [6.45, 7) is 2.05. The van der Waals surface area contributed by atoms with Crippen LogP contribution in [0.4, 0.5) is 0 Å². The molecule has 0 amide bonds. The quantitative estimate of drug-likeness (QED) is 0.775. The standard InChI is InChI=1S/C14H11BrOSe/c1-10-2-8-13(9-3-10)17-14(16)11-4-6-12(15)7-5-11/h2-9H,1H3. The molecule has 1 nitrogen and oxygen atoms in total. The van der Waals surface area contributed by atoms with Gasteiger partial charge in [0.1, 0.15) is 0 Å². The third-order valence-corrected chi connectivity index (χ3v) is 4.79. The van der Waals surface area contributed by atoms with Gasteiger partial charge in [-0.2, -0.15) is 0 Å². The normalized spacial score (nSPS) is 10.2. The van der Waals surface area contributed by atoms with E-state index in [-0.39, 0.29) is 19.6 Å². The van der Waals surface area contributed by atoms with Crippen LogP contribution in [0.3, 0.4) is 0 Å². The summed E-state index contributed by atoms with van der Waals surface area (Å²) >= 11 is 3.23. The summed E-state index contributed by atoms with van der Waals surface area (Å²) in [7, 11) is 0. The fraction of sp³-hybridized carbons (Fsp3) is 0.0714. The molecule has 0 aliphatic carbocycles. The van der Waals surface area contributed by atoms with E-state index < -0.39 is 0 Å². The van der Waals surface area contributed by atoms with Gasteiger partial charge in [-0.15, -0.1) is 0 Å². The third kappa shape index (κ3) is 3.53. The van der Waals surface area contributed by atoms with Crippen LogP contribution in [0.5, 0.6) is 0 Å². The van der Waals surface area contributed by atoms with Crippen LogP contribution in [0.25, 0.3) is 0 Å². The molecule has 0 spiro atoms. The fourth-order valence-corrected chi connectivity index (χ4v) is 3.18. The van der Waals surface area contributed by atoms with Crippen molar-refractivity contribution in [1.82, 2.24) is 0 Å². The summed E-state index contributed by atoms with van der Waals surface area (Å²) in [5, 5.41) is 0. The molecular formula is C14H11BrOSe. The average Bonchev–Trinajstić information content (AvgIpc) is 2.33. The van der Waals surface area contributed by atoms with Crippen molar-refractivity contribution in [1.29, 1.82) is 0 Å². The van der Waals surface area contributed by atoms with E-state index in [0.29, 0.717) is 0 Å². The van der Waals surface area contributed by atoms with Crippen molar-refractivity contribution in [2.45, 2.75) is 6.92 Å². The molecule has 0 bridgehead atoms. The van der Waals surface area contributed by atoms with Gasteiger partial charge in [0, 0.05) is 0 Å². The molecule has 0 saturated carbocycles. The number of benzene rings is 2. The van der Waals surface area contributed by atoms with Gasteiger partial charge in [0.2, 0.25) is 0 Å². The molecule has 0 saturated heterocycles. The van der Waals surface area contributed by atoms with Crippen LogP contribution in [0.15, 0.2) is 53.0 Å². The van der Waals surface area contributed by atoms with Gasteiger partial charge in [0.25, 0.3) is 0 Å². The number of aryl methyl sites for hydroxylation is 1. The summed E-state index contributed by atoms with van der Waals surface area (Å²) in [5.74, 6) is 0. The molecule has 0 aliphatic heterocycles. The first-order valence-corrected chi connectivity index (χ1v) is 7.70. The summed E-state index contributed by atoms with van der Waals surface area (Å²) in [6.07, 6.45) is 0. The van der Waals surface area contributed by atoms with Crippen LogP contribution in [0, 0.1) is 6.92 Å². The number of carbonyl (C=O) groups excluding carboxylic acids is 1. The molecule has 0 fully saturated rings. The first-order valence-electron chi connectivity index (χ1n) is 5.19. The van der Waals surface area contributed by atoms with Gasteiger partial charge in [0.15, 0.2) is 0 Å². The minimum atomic E-state index is -0.137. The average molecular weight is 354 g/mol. The summed E-state index contributed by atoms with van der Waals surface area (Å²) in [5.41, 5.74) is 2.01. The summed E-state index contributed by atoms with van der Waals surface area (Å²) in [4.78, 5) is 12.0. The van der Waals surface area contributed by atoms with Crippen LogP contribution in [0.2, 0.25) is 0 Å². The maximum atomic E-state index is 12.0. The molecule has 0 atom stereocenters. The number of hydrogen-bond acceptors (Lipinski definition) is 1. The molecule has 17 heavy (non-hydrogen) atoms. The number of halogens is 1. The fourth-order valence-electron chi connectivity index (χ4n) is 1.36. The van der Waals surface area contributed by atoms with Crippen molar-refractivity contribution >= 4 is 40.0 Å². The molecule has 0 unspecified atom stereocenters. The van der Waals surface area contributed by atoms with Gasteiger partial charge in [-0.05, 0) is 0 Å². The number of hydrogen-bond donors (Lipinski definition) is 0. The van der Waals surface area contributed by atoms with E-state index in [1.807, 2.05) is 55.5 Å². The van der Waals surface area contributed by atoms with E-state index >= 15 is 0 Å². The first-order chi connectivity index (χ1) is 8.15. The Balaban J connectivity index is 2.11. The zero-order chi connectivity index (χ0) is 12.3. The molecule has 2 aromatic carbocycles. The monoisotopic (exact) mass is 354 g/mol. The molecule has 0 aliphatic rings. The Labute approximate surface area is 116 Å². The van der Waals surface area contributed by atoms with E-state index in [9.17, 15) is 4.79 Å². The van der Waals surface area contributed by atoms with Crippen LogP contribution in [0.1, 0.15) is 15.9 Å². The molecule has 0 heterocycles. The zero-order valence-electron chi connectivity index (χ0n) is 9.31. The number of carbonyl (C=O) groups is 1. The van der Waals surface area contributed by atoms with Crippen molar-refractivity contribution < 1.29 is 4.79 Å². The molecule has 3 heteroatoms. The van der Waals surface area contributed by atoms with Crippen LogP contribution in [-0.2, 0) is 0 Å².